The van der Waals surface area contributed by atoms with Crippen LogP contribution in [0.25, 0.3) is 16.7 Å². The summed E-state index contributed by atoms with van der Waals surface area (Å²) in [5, 5.41) is 0. The van der Waals surface area contributed by atoms with Gasteiger partial charge in [0, 0.05) is 6.07 Å². The summed E-state index contributed by atoms with van der Waals surface area (Å²) in [4.78, 5) is 34.3. The van der Waals surface area contributed by atoms with Gasteiger partial charge in [-0.05, 0) is 6.07 Å². The van der Waals surface area contributed by atoms with E-state index in [0.29, 0.717) is 16.7 Å². The summed E-state index contributed by atoms with van der Waals surface area (Å²) in [6.45, 7) is 0. The number of methoxy groups -OCH3 is 1. The van der Waals surface area contributed by atoms with Crippen molar-refractivity contribution >= 4 is 22.6 Å². The predicted molar refractivity (Wildman–Crippen MR) is 62.5 cm³/mol. The zero-order valence-corrected chi connectivity index (χ0v) is 9.38. The van der Waals surface area contributed by atoms with Crippen LogP contribution in [0.1, 0.15) is 10.4 Å². The Balaban J connectivity index is 2.46. The zero-order valence-electron chi connectivity index (χ0n) is 9.38. The summed E-state index contributed by atoms with van der Waals surface area (Å²) in [5.74, 6) is -0.556. The molecule has 7 heteroatoms. The Morgan fingerprint density at radius 3 is 3.00 bits per heavy atom. The van der Waals surface area contributed by atoms with Gasteiger partial charge in [0.1, 0.15) is 11.8 Å². The minimum atomic E-state index is -0.556. The molecule has 3 rings (SSSR count). The second-order valence-electron chi connectivity index (χ2n) is 3.67. The summed E-state index contributed by atoms with van der Waals surface area (Å²) in [6.07, 6.45) is 2.86. The zero-order chi connectivity index (χ0) is 12.7. The monoisotopic (exact) mass is 244 g/mol. The van der Waals surface area contributed by atoms with Gasteiger partial charge in [-0.3, -0.25) is 9.20 Å². The molecule has 3 heterocycles. The van der Waals surface area contributed by atoms with Crippen molar-refractivity contribution < 1.29 is 9.53 Å². The average Bonchev–Trinajstić information content (AvgIpc) is 2.86. The van der Waals surface area contributed by atoms with Gasteiger partial charge in [-0.2, -0.15) is 0 Å². The van der Waals surface area contributed by atoms with E-state index >= 15 is 0 Å². The van der Waals surface area contributed by atoms with Gasteiger partial charge in [-0.1, -0.05) is 0 Å². The Bertz CT molecular complexity index is 818. The van der Waals surface area contributed by atoms with Gasteiger partial charge < -0.3 is 9.72 Å². The fourth-order valence-electron chi connectivity index (χ4n) is 1.81. The van der Waals surface area contributed by atoms with E-state index in [9.17, 15) is 9.59 Å². The van der Waals surface area contributed by atoms with E-state index < -0.39 is 5.97 Å². The van der Waals surface area contributed by atoms with Crippen LogP contribution in [0.15, 0.2) is 29.6 Å². The highest BCUT2D eigenvalue weighted by molar-refractivity contribution is 5.94. The van der Waals surface area contributed by atoms with Crippen LogP contribution in [-0.2, 0) is 4.74 Å². The highest BCUT2D eigenvalue weighted by atomic mass is 16.5. The fourth-order valence-corrected chi connectivity index (χ4v) is 1.81. The molecule has 3 aromatic heterocycles. The molecule has 0 aliphatic rings. The third kappa shape index (κ3) is 1.37. The summed E-state index contributed by atoms with van der Waals surface area (Å²) < 4.78 is 5.95. The van der Waals surface area contributed by atoms with E-state index in [4.69, 9.17) is 0 Å². The molecule has 1 N–H and O–H groups in total. The maximum Gasteiger partial charge on any atom is 0.338 e. The van der Waals surface area contributed by atoms with Crippen molar-refractivity contribution in [2.24, 2.45) is 0 Å². The lowest BCUT2D eigenvalue weighted by atomic mass is 10.2. The van der Waals surface area contributed by atoms with Gasteiger partial charge in [0.25, 0.3) is 5.56 Å². The van der Waals surface area contributed by atoms with Crippen LogP contribution in [0.4, 0.5) is 0 Å². The number of rotatable bonds is 1. The third-order valence-electron chi connectivity index (χ3n) is 2.66. The molecule has 18 heavy (non-hydrogen) atoms. The molecule has 0 radical (unpaired) electrons. The number of carbonyl (C=O) groups excluding carboxylic acids is 1. The van der Waals surface area contributed by atoms with Gasteiger partial charge in [-0.15, -0.1) is 0 Å². The Kier molecular flexibility index (Phi) is 2.12. The quantitative estimate of drug-likeness (QED) is 0.624. The van der Waals surface area contributed by atoms with Crippen molar-refractivity contribution in [1.82, 2.24) is 19.4 Å². The van der Waals surface area contributed by atoms with E-state index in [2.05, 4.69) is 19.7 Å². The molecule has 3 aromatic rings. The first-order valence-corrected chi connectivity index (χ1v) is 5.13. The standard InChI is InChI=1S/C11H8N4O3/c1-18-11(17)6-2-7-9-10(13-4-12-9)14-5-15(7)8(16)3-6/h2-5H,1H3,(H,12,13). The van der Waals surface area contributed by atoms with Gasteiger partial charge in [0.2, 0.25) is 0 Å². The third-order valence-corrected chi connectivity index (χ3v) is 2.66. The molecule has 0 spiro atoms. The lowest BCUT2D eigenvalue weighted by molar-refractivity contribution is 0.0600. The molecule has 0 fully saturated rings. The molecule has 0 aromatic carbocycles. The first kappa shape index (κ1) is 10.5. The number of hydrogen-bond donors (Lipinski definition) is 1. The topological polar surface area (TPSA) is 89.3 Å². The van der Waals surface area contributed by atoms with Crippen molar-refractivity contribution in [3.05, 3.63) is 40.7 Å². The fraction of sp³-hybridized carbons (Fsp3) is 0.0909. The molecule has 0 aliphatic carbocycles. The number of ether oxygens (including phenoxy) is 1. The summed E-state index contributed by atoms with van der Waals surface area (Å²) in [7, 11) is 1.27. The first-order valence-electron chi connectivity index (χ1n) is 5.13. The van der Waals surface area contributed by atoms with Crippen LogP contribution in [0.3, 0.4) is 0 Å². The van der Waals surface area contributed by atoms with Gasteiger partial charge in [-0.25, -0.2) is 14.8 Å². The average molecular weight is 244 g/mol. The largest absolute Gasteiger partial charge is 0.465 e. The summed E-state index contributed by atoms with van der Waals surface area (Å²) >= 11 is 0. The van der Waals surface area contributed by atoms with Crippen LogP contribution in [0.5, 0.6) is 0 Å². The van der Waals surface area contributed by atoms with Crippen molar-refractivity contribution in [2.75, 3.05) is 7.11 Å². The van der Waals surface area contributed by atoms with Gasteiger partial charge in [0.05, 0.1) is 24.5 Å². The molecule has 0 atom stereocenters. The number of aromatic nitrogens is 4. The maximum atomic E-state index is 11.9. The van der Waals surface area contributed by atoms with Crippen LogP contribution >= 0.6 is 0 Å². The van der Waals surface area contributed by atoms with Crippen LogP contribution < -0.4 is 5.56 Å². The SMILES string of the molecule is COC(=O)c1cc(=O)n2cnc3nc[nH]c3c2c1. The van der Waals surface area contributed by atoms with E-state index in [-0.39, 0.29) is 11.1 Å². The van der Waals surface area contributed by atoms with Crippen molar-refractivity contribution in [2.45, 2.75) is 0 Å². The van der Waals surface area contributed by atoms with Crippen molar-refractivity contribution in [1.29, 1.82) is 0 Å². The number of hydrogen-bond acceptors (Lipinski definition) is 5. The molecular formula is C11H8N4O3. The van der Waals surface area contributed by atoms with E-state index in [1.54, 1.807) is 6.07 Å². The molecule has 7 nitrogen and oxygen atoms in total. The smallest absolute Gasteiger partial charge is 0.338 e. The molecule has 0 amide bonds. The van der Waals surface area contributed by atoms with E-state index in [1.165, 1.54) is 30.2 Å². The molecule has 0 unspecified atom stereocenters. The molecule has 0 saturated carbocycles. The van der Waals surface area contributed by atoms with Gasteiger partial charge >= 0.3 is 5.97 Å². The molecule has 0 aliphatic heterocycles. The minimum Gasteiger partial charge on any atom is -0.465 e. The van der Waals surface area contributed by atoms with Crippen LogP contribution in [0.2, 0.25) is 0 Å². The van der Waals surface area contributed by atoms with Crippen molar-refractivity contribution in [3.63, 3.8) is 0 Å². The number of esters is 1. The maximum absolute atomic E-state index is 11.9. The molecule has 0 saturated heterocycles. The molecule has 0 bridgehead atoms. The number of fused-ring (bicyclic) bond motifs is 3. The predicted octanol–water partition coefficient (Wildman–Crippen LogP) is 0.357. The molecular weight excluding hydrogens is 236 g/mol. The Hall–Kier alpha value is -2.70. The number of pyridine rings is 1. The minimum absolute atomic E-state index is 0.199. The number of H-pyrrole nitrogens is 1. The highest BCUT2D eigenvalue weighted by Crippen LogP contribution is 2.14. The van der Waals surface area contributed by atoms with E-state index in [1.807, 2.05) is 0 Å². The Morgan fingerprint density at radius 1 is 1.39 bits per heavy atom. The number of aromatic amines is 1. The Morgan fingerprint density at radius 2 is 2.22 bits per heavy atom. The Labute approximate surface area is 100 Å². The highest BCUT2D eigenvalue weighted by Gasteiger charge is 2.11. The number of carbonyl (C=O) groups is 1. The second kappa shape index (κ2) is 3.66. The normalized spacial score (nSPS) is 10.9. The van der Waals surface area contributed by atoms with Crippen molar-refractivity contribution in [3.8, 4) is 0 Å². The molecule has 90 valence electrons. The lowest BCUT2D eigenvalue weighted by Gasteiger charge is -2.03. The number of nitrogens with one attached hydrogen (secondary N) is 1. The van der Waals surface area contributed by atoms with E-state index in [0.717, 1.165) is 0 Å². The second-order valence-corrected chi connectivity index (χ2v) is 3.67. The van der Waals surface area contributed by atoms with Crippen LogP contribution in [0, 0.1) is 0 Å². The summed E-state index contributed by atoms with van der Waals surface area (Å²) in [5.41, 5.74) is 1.46. The lowest BCUT2D eigenvalue weighted by Crippen LogP contribution is -2.16. The summed E-state index contributed by atoms with van der Waals surface area (Å²) in [6, 6.07) is 2.78. The number of nitrogens with zero attached hydrogens (tertiary/aromatic N) is 3. The van der Waals surface area contributed by atoms with Gasteiger partial charge in [0.15, 0.2) is 5.65 Å². The number of imidazole rings is 1. The van der Waals surface area contributed by atoms with Crippen LogP contribution in [-0.4, -0.2) is 32.4 Å². The first-order chi connectivity index (χ1) is 8.70.